The summed E-state index contributed by atoms with van der Waals surface area (Å²) in [5.74, 6) is 0.781. The Hall–Kier alpha value is -2.26. The van der Waals surface area contributed by atoms with Crippen LogP contribution >= 0.6 is 0 Å². The molecule has 9 heteroatoms. The largest absolute Gasteiger partial charge is 0.474 e. The molecule has 0 unspecified atom stereocenters. The summed E-state index contributed by atoms with van der Waals surface area (Å²) in [6.45, 7) is 1.68. The van der Waals surface area contributed by atoms with Crippen molar-refractivity contribution in [1.82, 2.24) is 15.3 Å². The molecule has 7 nitrogen and oxygen atoms in total. The van der Waals surface area contributed by atoms with E-state index in [2.05, 4.69) is 15.3 Å². The fraction of sp³-hybridized carbons (Fsp3) is 0.474. The van der Waals surface area contributed by atoms with Crippen molar-refractivity contribution in [1.29, 1.82) is 0 Å². The molecule has 0 spiro atoms. The highest BCUT2D eigenvalue weighted by Gasteiger charge is 2.25. The Bertz CT molecular complexity index is 948. The first-order valence-corrected chi connectivity index (χ1v) is 11.1. The van der Waals surface area contributed by atoms with E-state index >= 15 is 0 Å². The van der Waals surface area contributed by atoms with Gasteiger partial charge in [-0.2, -0.15) is 0 Å². The van der Waals surface area contributed by atoms with Crippen LogP contribution in [0.25, 0.3) is 0 Å². The predicted molar refractivity (Wildman–Crippen MR) is 104 cm³/mol. The average molecular weight is 406 g/mol. The van der Waals surface area contributed by atoms with Crippen LogP contribution < -0.4 is 15.0 Å². The molecule has 0 amide bonds. The Kier molecular flexibility index (Phi) is 5.45. The van der Waals surface area contributed by atoms with Crippen LogP contribution in [0.2, 0.25) is 0 Å². The van der Waals surface area contributed by atoms with E-state index in [-0.39, 0.29) is 11.0 Å². The molecule has 0 atom stereocenters. The zero-order valence-corrected chi connectivity index (χ0v) is 16.3. The van der Waals surface area contributed by atoms with E-state index in [1.807, 2.05) is 11.0 Å². The number of anilines is 2. The molecule has 1 saturated heterocycles. The summed E-state index contributed by atoms with van der Waals surface area (Å²) in [7, 11) is -3.58. The molecule has 1 N–H and O–H groups in total. The van der Waals surface area contributed by atoms with Gasteiger partial charge in [0.15, 0.2) is 9.84 Å². The number of piperidine rings is 1. The van der Waals surface area contributed by atoms with Crippen molar-refractivity contribution in [3.8, 4) is 5.88 Å². The molecule has 4 rings (SSSR count). The van der Waals surface area contributed by atoms with E-state index in [1.165, 1.54) is 12.4 Å². The van der Waals surface area contributed by atoms with Gasteiger partial charge in [-0.1, -0.05) is 0 Å². The summed E-state index contributed by atoms with van der Waals surface area (Å²) in [5, 5.41) is 3.31. The molecular weight excluding hydrogens is 383 g/mol. The Morgan fingerprint density at radius 3 is 2.82 bits per heavy atom. The Morgan fingerprint density at radius 2 is 2.04 bits per heavy atom. The zero-order chi connectivity index (χ0) is 19.6. The number of benzene rings is 1. The molecule has 150 valence electrons. The number of hydrogen-bond acceptors (Lipinski definition) is 7. The van der Waals surface area contributed by atoms with Crippen LogP contribution in [0.5, 0.6) is 5.88 Å². The maximum absolute atomic E-state index is 12.5. The molecule has 28 heavy (non-hydrogen) atoms. The molecule has 3 heterocycles. The smallest absolute Gasteiger partial charge is 0.218 e. The van der Waals surface area contributed by atoms with Gasteiger partial charge >= 0.3 is 0 Å². The van der Waals surface area contributed by atoms with Gasteiger partial charge in [0.1, 0.15) is 24.9 Å². The van der Waals surface area contributed by atoms with Crippen LogP contribution in [0.15, 0.2) is 35.5 Å². The van der Waals surface area contributed by atoms with Gasteiger partial charge in [-0.3, -0.25) is 0 Å². The maximum atomic E-state index is 12.5. The summed E-state index contributed by atoms with van der Waals surface area (Å²) in [6.07, 6.45) is 4.23. The lowest BCUT2D eigenvalue weighted by Gasteiger charge is -2.24. The summed E-state index contributed by atoms with van der Waals surface area (Å²) in [6, 6.07) is 6.78. The summed E-state index contributed by atoms with van der Waals surface area (Å²) in [5.41, 5.74) is 1.82. The quantitative estimate of drug-likeness (QED) is 0.786. The number of rotatable bonds is 6. The summed E-state index contributed by atoms with van der Waals surface area (Å²) in [4.78, 5) is 10.8. The third kappa shape index (κ3) is 3.95. The van der Waals surface area contributed by atoms with Crippen molar-refractivity contribution in [2.24, 2.45) is 0 Å². The number of halogens is 1. The first-order chi connectivity index (χ1) is 13.6. The molecule has 2 aromatic rings. The molecule has 1 aromatic heterocycles. The first-order valence-electron chi connectivity index (χ1n) is 9.45. The zero-order valence-electron chi connectivity index (χ0n) is 15.5. The molecule has 1 aromatic carbocycles. The highest BCUT2D eigenvalue weighted by atomic mass is 32.2. The van der Waals surface area contributed by atoms with Crippen molar-refractivity contribution >= 4 is 21.3 Å². The molecule has 1 fully saturated rings. The topological polar surface area (TPSA) is 84.4 Å². The van der Waals surface area contributed by atoms with Gasteiger partial charge in [0, 0.05) is 18.3 Å². The molecule has 2 aliphatic rings. The minimum Gasteiger partial charge on any atom is -0.474 e. The molecule has 0 bridgehead atoms. The van der Waals surface area contributed by atoms with Crippen molar-refractivity contribution in [2.45, 2.75) is 30.3 Å². The van der Waals surface area contributed by atoms with Crippen molar-refractivity contribution in [3.63, 3.8) is 0 Å². The monoisotopic (exact) mass is 406 g/mol. The van der Waals surface area contributed by atoms with Crippen LogP contribution in [-0.2, 0) is 16.3 Å². The van der Waals surface area contributed by atoms with Gasteiger partial charge in [0.25, 0.3) is 0 Å². The van der Waals surface area contributed by atoms with E-state index < -0.39 is 22.3 Å². The molecule has 0 aliphatic carbocycles. The number of sulfone groups is 1. The van der Waals surface area contributed by atoms with Crippen molar-refractivity contribution in [2.75, 3.05) is 37.0 Å². The second kappa shape index (κ2) is 8.00. The van der Waals surface area contributed by atoms with Crippen LogP contribution in [-0.4, -0.2) is 56.6 Å². The normalized spacial score (nSPS) is 17.5. The fourth-order valence-electron chi connectivity index (χ4n) is 3.65. The van der Waals surface area contributed by atoms with Crippen molar-refractivity contribution in [3.05, 3.63) is 36.2 Å². The molecular formula is C19H23FN4O3S. The number of fused-ring (bicyclic) bond motifs is 1. The predicted octanol–water partition coefficient (Wildman–Crippen LogP) is 2.04. The fourth-order valence-corrected chi connectivity index (χ4v) is 4.69. The maximum Gasteiger partial charge on any atom is 0.218 e. The van der Waals surface area contributed by atoms with Gasteiger partial charge in [-0.25, -0.2) is 22.8 Å². The third-order valence-electron chi connectivity index (χ3n) is 5.13. The van der Waals surface area contributed by atoms with E-state index in [1.54, 1.807) is 12.1 Å². The lowest BCUT2D eigenvalue weighted by atomic mass is 10.1. The minimum absolute atomic E-state index is 0.151. The first kappa shape index (κ1) is 19.1. The molecule has 0 radical (unpaired) electrons. The number of nitrogens with one attached hydrogen (secondary N) is 1. The number of hydrogen-bond donors (Lipinski definition) is 1. The second-order valence-electron chi connectivity index (χ2n) is 6.98. The third-order valence-corrected chi connectivity index (χ3v) is 6.79. The van der Waals surface area contributed by atoms with Gasteiger partial charge in [0.2, 0.25) is 5.88 Å². The SMILES string of the molecule is O=S(=O)(CCF)c1ccc2c(c1)CCN2c1cc(OC2CCNCC2)ncn1. The van der Waals surface area contributed by atoms with Crippen LogP contribution in [0.3, 0.4) is 0 Å². The average Bonchev–Trinajstić information content (AvgIpc) is 3.12. The second-order valence-corrected chi connectivity index (χ2v) is 9.09. The standard InChI is InChI=1S/C19H23FN4O3S/c20-6-10-28(25,26)16-1-2-17-14(11-16)5-9-24(17)18-12-19(23-13-22-18)27-15-3-7-21-8-4-15/h1-2,11-13,15,21H,3-10H2. The number of alkyl halides is 1. The van der Waals surface area contributed by atoms with Crippen molar-refractivity contribution < 1.29 is 17.5 Å². The van der Waals surface area contributed by atoms with E-state index in [9.17, 15) is 12.8 Å². The highest BCUT2D eigenvalue weighted by Crippen LogP contribution is 2.35. The lowest BCUT2D eigenvalue weighted by Crippen LogP contribution is -2.34. The number of nitrogens with zero attached hydrogens (tertiary/aromatic N) is 3. The Morgan fingerprint density at radius 1 is 1.21 bits per heavy atom. The molecule has 0 saturated carbocycles. The Labute approximate surface area is 163 Å². The summed E-state index contributed by atoms with van der Waals surface area (Å²) < 4.78 is 42.8. The van der Waals surface area contributed by atoms with E-state index in [0.29, 0.717) is 18.8 Å². The number of ether oxygens (including phenoxy) is 1. The summed E-state index contributed by atoms with van der Waals surface area (Å²) >= 11 is 0. The van der Waals surface area contributed by atoms with Crippen LogP contribution in [0.4, 0.5) is 15.9 Å². The van der Waals surface area contributed by atoms with Gasteiger partial charge in [0.05, 0.1) is 10.6 Å². The Balaban J connectivity index is 1.55. The van der Waals surface area contributed by atoms with Gasteiger partial charge in [-0.05, 0) is 56.1 Å². The van der Waals surface area contributed by atoms with Gasteiger partial charge in [-0.15, -0.1) is 0 Å². The van der Waals surface area contributed by atoms with Crippen LogP contribution in [0.1, 0.15) is 18.4 Å². The lowest BCUT2D eigenvalue weighted by molar-refractivity contribution is 0.156. The van der Waals surface area contributed by atoms with Gasteiger partial charge < -0.3 is 15.0 Å². The van der Waals surface area contributed by atoms with E-state index in [0.717, 1.165) is 43.0 Å². The highest BCUT2D eigenvalue weighted by molar-refractivity contribution is 7.91. The van der Waals surface area contributed by atoms with Crippen LogP contribution in [0, 0.1) is 0 Å². The molecule has 2 aliphatic heterocycles. The number of aromatic nitrogens is 2. The van der Waals surface area contributed by atoms with E-state index in [4.69, 9.17) is 4.74 Å². The minimum atomic E-state index is -3.58.